The molecule has 0 saturated carbocycles. The minimum absolute atomic E-state index is 0.00388. The zero-order valence-electron chi connectivity index (χ0n) is 13.1. The molecule has 1 aromatic rings. The van der Waals surface area contributed by atoms with Crippen LogP contribution in [0.5, 0.6) is 0 Å². The number of carbonyl (C=O) groups excluding carboxylic acids is 1. The van der Waals surface area contributed by atoms with E-state index in [2.05, 4.69) is 0 Å². The fourth-order valence-corrected chi connectivity index (χ4v) is 4.12. The minimum Gasteiger partial charge on any atom is -0.481 e. The number of carboxylic acids is 1. The molecule has 0 radical (unpaired) electrons. The molecule has 0 bridgehead atoms. The minimum atomic E-state index is -3.75. The van der Waals surface area contributed by atoms with Gasteiger partial charge in [0, 0.05) is 26.6 Å². The average molecular weight is 340 g/mol. The van der Waals surface area contributed by atoms with Gasteiger partial charge >= 0.3 is 5.97 Å². The van der Waals surface area contributed by atoms with E-state index >= 15 is 0 Å². The molecule has 0 aromatic heterocycles. The second-order valence-corrected chi connectivity index (χ2v) is 7.48. The Balaban J connectivity index is 2.19. The van der Waals surface area contributed by atoms with Crippen LogP contribution >= 0.6 is 0 Å². The quantitative estimate of drug-likeness (QED) is 0.845. The summed E-state index contributed by atoms with van der Waals surface area (Å²) in [5, 5.41) is 8.67. The molecule has 1 aromatic carbocycles. The zero-order chi connectivity index (χ0) is 17.2. The number of carbonyl (C=O) groups is 2. The molecule has 1 unspecified atom stereocenters. The van der Waals surface area contributed by atoms with E-state index < -0.39 is 22.0 Å². The van der Waals surface area contributed by atoms with Gasteiger partial charge < -0.3 is 10.0 Å². The average Bonchev–Trinajstić information content (AvgIpc) is 2.51. The summed E-state index contributed by atoms with van der Waals surface area (Å²) in [5.74, 6) is -1.12. The van der Waals surface area contributed by atoms with Gasteiger partial charge in [0.05, 0.1) is 4.90 Å². The van der Waals surface area contributed by atoms with E-state index in [1.807, 2.05) is 0 Å². The maximum Gasteiger partial charge on any atom is 0.303 e. The number of hydrogen-bond acceptors (Lipinski definition) is 4. The topological polar surface area (TPSA) is 95.0 Å². The Morgan fingerprint density at radius 2 is 1.87 bits per heavy atom. The summed E-state index contributed by atoms with van der Waals surface area (Å²) in [6.45, 7) is 2.20. The summed E-state index contributed by atoms with van der Waals surface area (Å²) in [7, 11) is -2.09. The van der Waals surface area contributed by atoms with E-state index in [1.54, 1.807) is 26.1 Å². The molecular weight excluding hydrogens is 320 g/mol. The van der Waals surface area contributed by atoms with Gasteiger partial charge in [-0.05, 0) is 31.0 Å². The van der Waals surface area contributed by atoms with E-state index in [0.29, 0.717) is 13.0 Å². The van der Waals surface area contributed by atoms with Crippen LogP contribution in [-0.2, 0) is 26.0 Å². The highest BCUT2D eigenvalue weighted by Gasteiger charge is 2.37. The summed E-state index contributed by atoms with van der Waals surface area (Å²) in [4.78, 5) is 24.2. The smallest absolute Gasteiger partial charge is 0.303 e. The molecule has 1 saturated heterocycles. The van der Waals surface area contributed by atoms with Crippen LogP contribution in [0, 0.1) is 0 Å². The summed E-state index contributed by atoms with van der Waals surface area (Å²) >= 11 is 0. The van der Waals surface area contributed by atoms with Gasteiger partial charge in [0.1, 0.15) is 6.04 Å². The van der Waals surface area contributed by atoms with Gasteiger partial charge in [-0.1, -0.05) is 12.1 Å². The van der Waals surface area contributed by atoms with Crippen molar-refractivity contribution in [2.24, 2.45) is 0 Å². The lowest BCUT2D eigenvalue weighted by Crippen LogP contribution is -2.56. The first-order valence-corrected chi connectivity index (χ1v) is 8.75. The number of hydrogen-bond donors (Lipinski definition) is 1. The van der Waals surface area contributed by atoms with Crippen molar-refractivity contribution in [1.29, 1.82) is 0 Å². The van der Waals surface area contributed by atoms with Crippen LogP contribution in [-0.4, -0.2) is 60.8 Å². The molecule has 1 aliphatic heterocycles. The molecule has 0 aliphatic carbocycles. The van der Waals surface area contributed by atoms with Crippen molar-refractivity contribution in [3.63, 3.8) is 0 Å². The number of benzene rings is 1. The molecule has 1 N–H and O–H groups in total. The summed E-state index contributed by atoms with van der Waals surface area (Å²) in [6.07, 6.45) is 0.342. The number of aliphatic carboxylic acids is 1. The van der Waals surface area contributed by atoms with Crippen LogP contribution in [0.3, 0.4) is 0 Å². The standard InChI is InChI=1S/C15H20N2O5S/c1-11-15(20)16(2)9-10-17(11)23(21,22)13-6-3-12(4-7-13)5-8-14(18)19/h3-4,6-7,11H,5,8-10H2,1-2H3,(H,18,19). The van der Waals surface area contributed by atoms with Crippen molar-refractivity contribution in [2.75, 3.05) is 20.1 Å². The molecule has 1 atom stereocenters. The number of amides is 1. The van der Waals surface area contributed by atoms with E-state index in [-0.39, 0.29) is 23.8 Å². The molecule has 1 aliphatic rings. The second kappa shape index (κ2) is 6.67. The van der Waals surface area contributed by atoms with Crippen molar-refractivity contribution in [3.8, 4) is 0 Å². The molecule has 7 nitrogen and oxygen atoms in total. The maximum atomic E-state index is 12.7. The van der Waals surface area contributed by atoms with Gasteiger partial charge in [-0.15, -0.1) is 0 Å². The molecule has 0 spiro atoms. The number of piperazine rings is 1. The maximum absolute atomic E-state index is 12.7. The molecule has 2 rings (SSSR count). The Hall–Kier alpha value is -1.93. The normalized spacial score (nSPS) is 19.8. The van der Waals surface area contributed by atoms with E-state index in [9.17, 15) is 18.0 Å². The lowest BCUT2D eigenvalue weighted by atomic mass is 10.1. The van der Waals surface area contributed by atoms with Crippen molar-refractivity contribution in [3.05, 3.63) is 29.8 Å². The van der Waals surface area contributed by atoms with Crippen LogP contribution in [0.2, 0.25) is 0 Å². The Morgan fingerprint density at radius 1 is 1.26 bits per heavy atom. The van der Waals surface area contributed by atoms with Gasteiger partial charge in [0.15, 0.2) is 0 Å². The zero-order valence-corrected chi connectivity index (χ0v) is 13.9. The lowest BCUT2D eigenvalue weighted by Gasteiger charge is -2.36. The van der Waals surface area contributed by atoms with Gasteiger partial charge in [0.25, 0.3) is 0 Å². The predicted molar refractivity (Wildman–Crippen MR) is 83.4 cm³/mol. The van der Waals surface area contributed by atoms with Gasteiger partial charge in [0.2, 0.25) is 15.9 Å². The largest absolute Gasteiger partial charge is 0.481 e. The van der Waals surface area contributed by atoms with Crippen molar-refractivity contribution in [2.45, 2.75) is 30.7 Å². The number of sulfonamides is 1. The molecule has 8 heteroatoms. The molecule has 126 valence electrons. The summed E-state index contributed by atoms with van der Waals surface area (Å²) in [6, 6.07) is 5.41. The fourth-order valence-electron chi connectivity index (χ4n) is 2.54. The molecule has 1 fully saturated rings. The van der Waals surface area contributed by atoms with Crippen molar-refractivity contribution < 1.29 is 23.1 Å². The first-order chi connectivity index (χ1) is 10.7. The third-order valence-electron chi connectivity index (χ3n) is 3.98. The van der Waals surface area contributed by atoms with Crippen LogP contribution in [0.1, 0.15) is 18.9 Å². The highest BCUT2D eigenvalue weighted by molar-refractivity contribution is 7.89. The van der Waals surface area contributed by atoms with Crippen LogP contribution in [0.15, 0.2) is 29.2 Å². The fraction of sp³-hybridized carbons (Fsp3) is 0.467. The first kappa shape index (κ1) is 17.4. The Kier molecular flexibility index (Phi) is 5.06. The van der Waals surface area contributed by atoms with Crippen LogP contribution in [0.25, 0.3) is 0 Å². The Morgan fingerprint density at radius 3 is 2.43 bits per heavy atom. The number of nitrogens with zero attached hydrogens (tertiary/aromatic N) is 2. The van der Waals surface area contributed by atoms with Crippen molar-refractivity contribution in [1.82, 2.24) is 9.21 Å². The van der Waals surface area contributed by atoms with Gasteiger partial charge in [-0.25, -0.2) is 8.42 Å². The SMILES string of the molecule is CC1C(=O)N(C)CCN1S(=O)(=O)c1ccc(CCC(=O)O)cc1. The second-order valence-electron chi connectivity index (χ2n) is 5.59. The van der Waals surface area contributed by atoms with E-state index in [4.69, 9.17) is 5.11 Å². The monoisotopic (exact) mass is 340 g/mol. The lowest BCUT2D eigenvalue weighted by molar-refractivity contribution is -0.137. The molecular formula is C15H20N2O5S. The van der Waals surface area contributed by atoms with E-state index in [0.717, 1.165) is 5.56 Å². The van der Waals surface area contributed by atoms with Crippen LogP contribution in [0.4, 0.5) is 0 Å². The van der Waals surface area contributed by atoms with Crippen molar-refractivity contribution >= 4 is 21.9 Å². The Labute approximate surface area is 135 Å². The number of likely N-dealkylation sites (N-methyl/N-ethyl adjacent to an activating group) is 1. The number of rotatable bonds is 5. The van der Waals surface area contributed by atoms with Gasteiger partial charge in [-0.3, -0.25) is 9.59 Å². The van der Waals surface area contributed by atoms with Crippen LogP contribution < -0.4 is 0 Å². The molecule has 1 amide bonds. The molecule has 1 heterocycles. The third-order valence-corrected chi connectivity index (χ3v) is 5.96. The third kappa shape index (κ3) is 3.70. The van der Waals surface area contributed by atoms with Gasteiger partial charge in [-0.2, -0.15) is 4.31 Å². The van der Waals surface area contributed by atoms with E-state index in [1.165, 1.54) is 21.3 Å². The Bertz CT molecular complexity index is 699. The number of aryl methyl sites for hydroxylation is 1. The highest BCUT2D eigenvalue weighted by atomic mass is 32.2. The number of carboxylic acid groups (broad SMARTS) is 1. The first-order valence-electron chi connectivity index (χ1n) is 7.31. The highest BCUT2D eigenvalue weighted by Crippen LogP contribution is 2.22. The predicted octanol–water partition coefficient (Wildman–Crippen LogP) is 0.555. The summed E-state index contributed by atoms with van der Waals surface area (Å²) in [5.41, 5.74) is 0.758. The summed E-state index contributed by atoms with van der Waals surface area (Å²) < 4.78 is 26.6. The molecule has 23 heavy (non-hydrogen) atoms.